The Kier molecular flexibility index (Phi) is 3.07. The molecule has 0 saturated heterocycles. The van der Waals surface area contributed by atoms with Crippen LogP contribution in [0, 0.1) is 0 Å². The van der Waals surface area contributed by atoms with Crippen LogP contribution in [0.15, 0.2) is 71.9 Å². The van der Waals surface area contributed by atoms with Crippen molar-refractivity contribution in [2.45, 2.75) is 6.92 Å². The second-order valence-electron chi connectivity index (χ2n) is 4.41. The quantitative estimate of drug-likeness (QED) is 0.616. The van der Waals surface area contributed by atoms with Crippen LogP contribution in [0.25, 0.3) is 10.8 Å². The molecule has 1 heterocycles. The molecular formula is C17H14N2. The lowest BCUT2D eigenvalue weighted by molar-refractivity contribution is 1.28. The summed E-state index contributed by atoms with van der Waals surface area (Å²) in [5, 5.41) is 2.37. The molecule has 3 rings (SSSR count). The number of fused-ring (bicyclic) bond motifs is 1. The summed E-state index contributed by atoms with van der Waals surface area (Å²) < 4.78 is 0. The lowest BCUT2D eigenvalue weighted by atomic mass is 10.1. The maximum absolute atomic E-state index is 4.71. The van der Waals surface area contributed by atoms with Gasteiger partial charge in [-0.1, -0.05) is 42.5 Å². The highest BCUT2D eigenvalue weighted by atomic mass is 14.8. The summed E-state index contributed by atoms with van der Waals surface area (Å²) in [6.07, 6.45) is 1.79. The van der Waals surface area contributed by atoms with Gasteiger partial charge in [-0.15, -0.1) is 0 Å². The number of nitrogens with zero attached hydrogens (tertiary/aromatic N) is 2. The summed E-state index contributed by atoms with van der Waals surface area (Å²) in [7, 11) is 0. The molecule has 0 atom stereocenters. The third kappa shape index (κ3) is 2.38. The lowest BCUT2D eigenvalue weighted by Gasteiger charge is -2.04. The van der Waals surface area contributed by atoms with Crippen molar-refractivity contribution in [1.29, 1.82) is 0 Å². The number of rotatable bonds is 2. The highest BCUT2D eigenvalue weighted by Crippen LogP contribution is 2.26. The standard InChI is InChI=1S/C17H14N2/c1-13(16-10-4-5-12-18-16)19-17-11-6-8-14-7-2-3-9-15(14)17/h2-12H,1H3. The molecule has 0 aliphatic heterocycles. The molecule has 2 nitrogen and oxygen atoms in total. The predicted octanol–water partition coefficient (Wildman–Crippen LogP) is 4.38. The summed E-state index contributed by atoms with van der Waals surface area (Å²) in [6, 6.07) is 20.3. The van der Waals surface area contributed by atoms with Gasteiger partial charge in [0.15, 0.2) is 0 Å². The van der Waals surface area contributed by atoms with E-state index in [1.54, 1.807) is 6.20 Å². The zero-order valence-corrected chi connectivity index (χ0v) is 10.7. The van der Waals surface area contributed by atoms with Crippen LogP contribution in [0.2, 0.25) is 0 Å². The summed E-state index contributed by atoms with van der Waals surface area (Å²) in [5.41, 5.74) is 2.83. The smallest absolute Gasteiger partial charge is 0.0841 e. The maximum atomic E-state index is 4.71. The van der Waals surface area contributed by atoms with Gasteiger partial charge < -0.3 is 0 Å². The van der Waals surface area contributed by atoms with E-state index >= 15 is 0 Å². The van der Waals surface area contributed by atoms with Gasteiger partial charge in [0.25, 0.3) is 0 Å². The third-order valence-electron chi connectivity index (χ3n) is 3.09. The molecule has 0 spiro atoms. The number of aromatic nitrogens is 1. The fraction of sp³-hybridized carbons (Fsp3) is 0.0588. The molecule has 0 bridgehead atoms. The average molecular weight is 246 g/mol. The van der Waals surface area contributed by atoms with Gasteiger partial charge >= 0.3 is 0 Å². The van der Waals surface area contributed by atoms with Crippen LogP contribution in [0.1, 0.15) is 12.6 Å². The van der Waals surface area contributed by atoms with Gasteiger partial charge in [-0.05, 0) is 30.5 Å². The van der Waals surface area contributed by atoms with Crippen molar-refractivity contribution in [3.8, 4) is 0 Å². The fourth-order valence-corrected chi connectivity index (χ4v) is 2.12. The Morgan fingerprint density at radius 1 is 0.895 bits per heavy atom. The van der Waals surface area contributed by atoms with Gasteiger partial charge in [-0.2, -0.15) is 0 Å². The minimum absolute atomic E-state index is 0.912. The second-order valence-corrected chi connectivity index (χ2v) is 4.41. The monoisotopic (exact) mass is 246 g/mol. The van der Waals surface area contributed by atoms with Gasteiger partial charge in [-0.25, -0.2) is 0 Å². The van der Waals surface area contributed by atoms with Crippen LogP contribution >= 0.6 is 0 Å². The number of benzene rings is 2. The highest BCUT2D eigenvalue weighted by molar-refractivity contribution is 6.02. The minimum atomic E-state index is 0.912. The molecule has 0 radical (unpaired) electrons. The van der Waals surface area contributed by atoms with Crippen LogP contribution < -0.4 is 0 Å². The van der Waals surface area contributed by atoms with Crippen molar-refractivity contribution >= 4 is 22.2 Å². The van der Waals surface area contributed by atoms with Gasteiger partial charge in [0.1, 0.15) is 0 Å². The van der Waals surface area contributed by atoms with E-state index in [4.69, 9.17) is 4.99 Å². The van der Waals surface area contributed by atoms with Crippen molar-refractivity contribution in [2.75, 3.05) is 0 Å². The van der Waals surface area contributed by atoms with E-state index in [0.29, 0.717) is 0 Å². The molecule has 92 valence electrons. The topological polar surface area (TPSA) is 25.2 Å². The second kappa shape index (κ2) is 5.02. The van der Waals surface area contributed by atoms with Crippen molar-refractivity contribution in [3.63, 3.8) is 0 Å². The van der Waals surface area contributed by atoms with Crippen LogP contribution in [-0.4, -0.2) is 10.7 Å². The van der Waals surface area contributed by atoms with Gasteiger partial charge in [0.05, 0.1) is 17.1 Å². The Morgan fingerprint density at radius 2 is 1.68 bits per heavy atom. The van der Waals surface area contributed by atoms with Crippen LogP contribution in [0.3, 0.4) is 0 Å². The molecule has 19 heavy (non-hydrogen) atoms. The van der Waals surface area contributed by atoms with Crippen LogP contribution in [-0.2, 0) is 0 Å². The van der Waals surface area contributed by atoms with Crippen molar-refractivity contribution in [1.82, 2.24) is 4.98 Å². The molecule has 2 heteroatoms. The van der Waals surface area contributed by atoms with E-state index in [1.807, 2.05) is 49.4 Å². The van der Waals surface area contributed by atoms with Gasteiger partial charge in [0, 0.05) is 11.6 Å². The van der Waals surface area contributed by atoms with Crippen LogP contribution in [0.4, 0.5) is 5.69 Å². The number of hydrogen-bond acceptors (Lipinski definition) is 2. The SMILES string of the molecule is CC(=Nc1cccc2ccccc12)c1ccccn1. The van der Waals surface area contributed by atoms with E-state index in [1.165, 1.54) is 10.8 Å². The van der Waals surface area contributed by atoms with Crippen molar-refractivity contribution in [2.24, 2.45) is 4.99 Å². The third-order valence-corrected chi connectivity index (χ3v) is 3.09. The van der Waals surface area contributed by atoms with E-state index in [9.17, 15) is 0 Å². The predicted molar refractivity (Wildman–Crippen MR) is 80.1 cm³/mol. The molecule has 0 aliphatic carbocycles. The highest BCUT2D eigenvalue weighted by Gasteiger charge is 2.01. The minimum Gasteiger partial charge on any atom is -0.255 e. The molecular weight excluding hydrogens is 232 g/mol. The first-order chi connectivity index (χ1) is 9.34. The Balaban J connectivity index is 2.11. The molecule has 0 unspecified atom stereocenters. The lowest BCUT2D eigenvalue weighted by Crippen LogP contribution is -1.96. The van der Waals surface area contributed by atoms with E-state index in [-0.39, 0.29) is 0 Å². The summed E-state index contributed by atoms with van der Waals surface area (Å²) in [6.45, 7) is 1.99. The maximum Gasteiger partial charge on any atom is 0.0841 e. The number of aliphatic imine (C=N–C) groups is 1. The van der Waals surface area contributed by atoms with E-state index in [2.05, 4.69) is 23.2 Å². The summed E-state index contributed by atoms with van der Waals surface area (Å²) in [5.74, 6) is 0. The zero-order chi connectivity index (χ0) is 13.1. The Bertz CT molecular complexity index is 725. The summed E-state index contributed by atoms with van der Waals surface area (Å²) >= 11 is 0. The first kappa shape index (κ1) is 11.6. The normalized spacial score (nSPS) is 11.7. The Hall–Kier alpha value is -2.48. The molecule has 1 aromatic heterocycles. The number of hydrogen-bond donors (Lipinski definition) is 0. The molecule has 0 saturated carbocycles. The molecule has 0 amide bonds. The molecule has 0 aliphatic rings. The fourth-order valence-electron chi connectivity index (χ4n) is 2.12. The van der Waals surface area contributed by atoms with Crippen molar-refractivity contribution in [3.05, 3.63) is 72.6 Å². The molecule has 3 aromatic rings. The van der Waals surface area contributed by atoms with Crippen molar-refractivity contribution < 1.29 is 0 Å². The van der Waals surface area contributed by atoms with E-state index < -0.39 is 0 Å². The van der Waals surface area contributed by atoms with E-state index in [0.717, 1.165) is 17.1 Å². The molecule has 0 fully saturated rings. The summed E-state index contributed by atoms with van der Waals surface area (Å²) in [4.78, 5) is 9.04. The van der Waals surface area contributed by atoms with Gasteiger partial charge in [-0.3, -0.25) is 9.98 Å². The first-order valence-corrected chi connectivity index (χ1v) is 6.29. The molecule has 0 N–H and O–H groups in total. The largest absolute Gasteiger partial charge is 0.255 e. The average Bonchev–Trinajstić information content (AvgIpc) is 2.48. The zero-order valence-electron chi connectivity index (χ0n) is 10.7. The molecule has 2 aromatic carbocycles. The number of pyridine rings is 1. The van der Waals surface area contributed by atoms with Gasteiger partial charge in [0.2, 0.25) is 0 Å². The Labute approximate surface area is 112 Å². The first-order valence-electron chi connectivity index (χ1n) is 6.29. The van der Waals surface area contributed by atoms with Crippen LogP contribution in [0.5, 0.6) is 0 Å². The Morgan fingerprint density at radius 3 is 2.53 bits per heavy atom.